The van der Waals surface area contributed by atoms with Crippen molar-refractivity contribution in [1.82, 2.24) is 29.0 Å². The smallest absolute Gasteiger partial charge is 0.277 e. The summed E-state index contributed by atoms with van der Waals surface area (Å²) in [4.78, 5) is 22.8. The predicted octanol–water partition coefficient (Wildman–Crippen LogP) is 1.75. The van der Waals surface area contributed by atoms with Gasteiger partial charge in [-0.25, -0.2) is 13.4 Å². The van der Waals surface area contributed by atoms with Gasteiger partial charge in [0.15, 0.2) is 5.52 Å². The number of aliphatic hydroxyl groups is 1. The topological polar surface area (TPSA) is 134 Å². The van der Waals surface area contributed by atoms with E-state index < -0.39 is 10.0 Å². The molecule has 1 saturated heterocycles. The number of piperazine rings is 1. The number of hydrogen-bond acceptors (Lipinski definition) is 8. The third-order valence-electron chi connectivity index (χ3n) is 6.84. The standard InChI is InChI=1S/C25H36N6O5S/c1-5-7-20-22-23(29(4)28-20)25(33)27-24(26-22)19-16-18(8-9-21(19)36-6-2)37(34,35)31-13-11-30(12-14-31)17(3)10-15-32/h8-9,16-17,32H,5-7,10-15H2,1-4H3,(H,26,27,33). The molecular weight excluding hydrogens is 496 g/mol. The number of hydrogen-bond donors (Lipinski definition) is 2. The van der Waals surface area contributed by atoms with E-state index in [0.29, 0.717) is 68.0 Å². The molecule has 0 spiro atoms. The highest BCUT2D eigenvalue weighted by atomic mass is 32.2. The molecule has 4 rings (SSSR count). The van der Waals surface area contributed by atoms with E-state index in [0.717, 1.165) is 12.1 Å². The van der Waals surface area contributed by atoms with Crippen LogP contribution in [-0.4, -0.2) is 87.9 Å². The Balaban J connectivity index is 1.72. The summed E-state index contributed by atoms with van der Waals surface area (Å²) in [5.74, 6) is 0.679. The van der Waals surface area contributed by atoms with Crippen molar-refractivity contribution in [3.05, 3.63) is 34.2 Å². The van der Waals surface area contributed by atoms with Gasteiger partial charge in [0.2, 0.25) is 10.0 Å². The molecule has 37 heavy (non-hydrogen) atoms. The molecular formula is C25H36N6O5S. The van der Waals surface area contributed by atoms with Gasteiger partial charge < -0.3 is 14.8 Å². The van der Waals surface area contributed by atoms with Crippen LogP contribution < -0.4 is 10.3 Å². The van der Waals surface area contributed by atoms with Gasteiger partial charge in [0, 0.05) is 45.9 Å². The maximum Gasteiger partial charge on any atom is 0.277 e. The highest BCUT2D eigenvalue weighted by Gasteiger charge is 2.31. The monoisotopic (exact) mass is 532 g/mol. The van der Waals surface area contributed by atoms with Gasteiger partial charge in [-0.2, -0.15) is 9.40 Å². The summed E-state index contributed by atoms with van der Waals surface area (Å²) in [5.41, 5.74) is 1.67. The minimum absolute atomic E-state index is 0.107. The van der Waals surface area contributed by atoms with Gasteiger partial charge in [0.25, 0.3) is 5.56 Å². The fraction of sp³-hybridized carbons (Fsp3) is 0.560. The fourth-order valence-corrected chi connectivity index (χ4v) is 6.27. The fourth-order valence-electron chi connectivity index (χ4n) is 4.82. The first kappa shape index (κ1) is 27.2. The number of aromatic amines is 1. The van der Waals surface area contributed by atoms with Crippen molar-refractivity contribution < 1.29 is 18.3 Å². The second-order valence-electron chi connectivity index (χ2n) is 9.32. The van der Waals surface area contributed by atoms with Gasteiger partial charge in [-0.05, 0) is 44.9 Å². The van der Waals surface area contributed by atoms with E-state index in [-0.39, 0.29) is 28.9 Å². The molecule has 0 bridgehead atoms. The van der Waals surface area contributed by atoms with Crippen molar-refractivity contribution in [1.29, 1.82) is 0 Å². The molecule has 1 atom stereocenters. The Morgan fingerprint density at radius 2 is 1.92 bits per heavy atom. The van der Waals surface area contributed by atoms with Crippen molar-refractivity contribution in [2.75, 3.05) is 39.4 Å². The SMILES string of the molecule is CCCc1nn(C)c2c(=O)[nH]c(-c3cc(S(=O)(=O)N4CCN(C(C)CCO)CC4)ccc3OCC)nc12. The Labute approximate surface area is 217 Å². The number of aromatic nitrogens is 4. The van der Waals surface area contributed by atoms with Gasteiger partial charge in [0.05, 0.1) is 22.8 Å². The molecule has 0 amide bonds. The maximum absolute atomic E-state index is 13.6. The van der Waals surface area contributed by atoms with Crippen LogP contribution in [0.2, 0.25) is 0 Å². The van der Waals surface area contributed by atoms with Crippen LogP contribution in [0, 0.1) is 0 Å². The number of aryl methyl sites for hydroxylation is 2. The number of rotatable bonds is 10. The first-order valence-corrected chi connectivity index (χ1v) is 14.2. The van der Waals surface area contributed by atoms with Crippen LogP contribution in [0.15, 0.2) is 27.9 Å². The summed E-state index contributed by atoms with van der Waals surface area (Å²) < 4.78 is 36.0. The Morgan fingerprint density at radius 3 is 2.57 bits per heavy atom. The molecule has 0 saturated carbocycles. The van der Waals surface area contributed by atoms with E-state index in [2.05, 4.69) is 15.0 Å². The molecule has 0 aliphatic carbocycles. The quantitative estimate of drug-likeness (QED) is 0.403. The van der Waals surface area contributed by atoms with Crippen LogP contribution in [0.4, 0.5) is 0 Å². The normalized spacial score (nSPS) is 16.4. The van der Waals surface area contributed by atoms with E-state index >= 15 is 0 Å². The lowest BCUT2D eigenvalue weighted by molar-refractivity contribution is 0.124. The molecule has 1 aliphatic heterocycles. The second-order valence-corrected chi connectivity index (χ2v) is 11.3. The summed E-state index contributed by atoms with van der Waals surface area (Å²) in [7, 11) is -2.08. The lowest BCUT2D eigenvalue weighted by Gasteiger charge is -2.37. The summed E-state index contributed by atoms with van der Waals surface area (Å²) in [6, 6.07) is 4.87. The van der Waals surface area contributed by atoms with Gasteiger partial charge >= 0.3 is 0 Å². The number of nitrogens with one attached hydrogen (secondary N) is 1. The van der Waals surface area contributed by atoms with Crippen molar-refractivity contribution >= 4 is 21.1 Å². The molecule has 1 unspecified atom stereocenters. The number of nitrogens with zero attached hydrogens (tertiary/aromatic N) is 5. The first-order valence-electron chi connectivity index (χ1n) is 12.8. The van der Waals surface area contributed by atoms with E-state index in [1.165, 1.54) is 21.1 Å². The molecule has 2 aromatic heterocycles. The van der Waals surface area contributed by atoms with Crippen LogP contribution in [0.3, 0.4) is 0 Å². The van der Waals surface area contributed by atoms with Crippen LogP contribution in [0.25, 0.3) is 22.4 Å². The van der Waals surface area contributed by atoms with Crippen LogP contribution >= 0.6 is 0 Å². The lowest BCUT2D eigenvalue weighted by Crippen LogP contribution is -2.51. The summed E-state index contributed by atoms with van der Waals surface area (Å²) in [5, 5.41) is 13.7. The highest BCUT2D eigenvalue weighted by Crippen LogP contribution is 2.32. The average Bonchev–Trinajstić information content (AvgIpc) is 3.20. The first-order chi connectivity index (χ1) is 17.7. The third-order valence-corrected chi connectivity index (χ3v) is 8.73. The van der Waals surface area contributed by atoms with E-state index in [1.807, 2.05) is 20.8 Å². The number of H-pyrrole nitrogens is 1. The second kappa shape index (κ2) is 11.3. The van der Waals surface area contributed by atoms with Crippen molar-refractivity contribution in [3.63, 3.8) is 0 Å². The Bertz CT molecular complexity index is 1410. The minimum atomic E-state index is -3.79. The van der Waals surface area contributed by atoms with Crippen LogP contribution in [0.5, 0.6) is 5.75 Å². The molecule has 202 valence electrons. The number of ether oxygens (including phenoxy) is 1. The molecule has 3 heterocycles. The number of aliphatic hydroxyl groups excluding tert-OH is 1. The van der Waals surface area contributed by atoms with Gasteiger partial charge in [-0.1, -0.05) is 13.3 Å². The zero-order chi connectivity index (χ0) is 26.7. The number of benzene rings is 1. The molecule has 1 aliphatic rings. The Kier molecular flexibility index (Phi) is 8.32. The third kappa shape index (κ3) is 5.42. The number of sulfonamides is 1. The molecule has 3 aromatic rings. The molecule has 0 radical (unpaired) electrons. The van der Waals surface area contributed by atoms with Crippen molar-refractivity contribution in [2.24, 2.45) is 7.05 Å². The van der Waals surface area contributed by atoms with Crippen LogP contribution in [0.1, 0.15) is 39.3 Å². The van der Waals surface area contributed by atoms with Crippen molar-refractivity contribution in [2.45, 2.75) is 51.0 Å². The minimum Gasteiger partial charge on any atom is -0.493 e. The molecule has 11 nitrogen and oxygen atoms in total. The Hall–Kier alpha value is -2.80. The van der Waals surface area contributed by atoms with E-state index in [1.54, 1.807) is 13.1 Å². The van der Waals surface area contributed by atoms with Crippen LogP contribution in [-0.2, 0) is 23.5 Å². The van der Waals surface area contributed by atoms with Gasteiger partial charge in [-0.15, -0.1) is 0 Å². The molecule has 1 aromatic carbocycles. The maximum atomic E-state index is 13.6. The predicted molar refractivity (Wildman–Crippen MR) is 141 cm³/mol. The molecule has 2 N–H and O–H groups in total. The van der Waals surface area contributed by atoms with Crippen molar-refractivity contribution in [3.8, 4) is 17.1 Å². The zero-order valence-corrected chi connectivity index (χ0v) is 22.7. The Morgan fingerprint density at radius 1 is 1.19 bits per heavy atom. The van der Waals surface area contributed by atoms with Gasteiger partial charge in [0.1, 0.15) is 17.1 Å². The summed E-state index contributed by atoms with van der Waals surface area (Å²) in [6.45, 7) is 8.29. The average molecular weight is 533 g/mol. The van der Waals surface area contributed by atoms with E-state index in [4.69, 9.17) is 9.72 Å². The zero-order valence-electron chi connectivity index (χ0n) is 21.9. The van der Waals surface area contributed by atoms with Gasteiger partial charge in [-0.3, -0.25) is 14.4 Å². The lowest BCUT2D eigenvalue weighted by atomic mass is 10.1. The number of fused-ring (bicyclic) bond motifs is 1. The van der Waals surface area contributed by atoms with E-state index in [9.17, 15) is 18.3 Å². The molecule has 12 heteroatoms. The molecule has 1 fully saturated rings. The summed E-state index contributed by atoms with van der Waals surface area (Å²) >= 11 is 0. The largest absolute Gasteiger partial charge is 0.493 e. The summed E-state index contributed by atoms with van der Waals surface area (Å²) in [6.07, 6.45) is 2.17. The highest BCUT2D eigenvalue weighted by molar-refractivity contribution is 7.89.